The van der Waals surface area contributed by atoms with Gasteiger partial charge in [-0.05, 0) is 31.4 Å². The minimum atomic E-state index is -0.754. The lowest BCUT2D eigenvalue weighted by Gasteiger charge is -2.26. The summed E-state index contributed by atoms with van der Waals surface area (Å²) in [6, 6.07) is 6.48. The molecule has 0 unspecified atom stereocenters. The Balaban J connectivity index is 1.56. The van der Waals surface area contributed by atoms with Crippen LogP contribution in [0.3, 0.4) is 0 Å². The van der Waals surface area contributed by atoms with Crippen molar-refractivity contribution in [2.75, 3.05) is 31.1 Å². The Kier molecular flexibility index (Phi) is 4.59. The summed E-state index contributed by atoms with van der Waals surface area (Å²) < 4.78 is 4.98. The smallest absolute Gasteiger partial charge is 0.326 e. The van der Waals surface area contributed by atoms with Crippen molar-refractivity contribution in [3.05, 3.63) is 29.8 Å². The van der Waals surface area contributed by atoms with Crippen LogP contribution in [-0.2, 0) is 19.1 Å². The lowest BCUT2D eigenvalue weighted by atomic mass is 10.1. The summed E-state index contributed by atoms with van der Waals surface area (Å²) >= 11 is 0. The van der Waals surface area contributed by atoms with Gasteiger partial charge in [-0.15, -0.1) is 0 Å². The molecule has 24 heavy (non-hydrogen) atoms. The summed E-state index contributed by atoms with van der Waals surface area (Å²) in [5.41, 5.74) is 0.673. The van der Waals surface area contributed by atoms with Gasteiger partial charge in [0.05, 0.1) is 11.3 Å². The van der Waals surface area contributed by atoms with E-state index in [1.807, 2.05) is 0 Å². The van der Waals surface area contributed by atoms with Gasteiger partial charge in [0.2, 0.25) is 0 Å². The normalized spacial score (nSPS) is 17.0. The number of Topliss-reactive ketones (excluding diaryl/α,β-unsaturated/α-hetero) is 1. The van der Waals surface area contributed by atoms with E-state index in [1.165, 1.54) is 0 Å². The Hall–Kier alpha value is -2.70. The molecule has 126 valence electrons. The number of carbonyl (C=O) groups is 4. The van der Waals surface area contributed by atoms with Crippen molar-refractivity contribution in [2.24, 2.45) is 0 Å². The minimum absolute atomic E-state index is 0.229. The number of nitrogens with zero attached hydrogens (tertiary/aromatic N) is 2. The summed E-state index contributed by atoms with van der Waals surface area (Å²) in [6.45, 7) is 0.650. The topological polar surface area (TPSA) is 84.0 Å². The number of hydrogen-bond donors (Lipinski definition) is 0. The van der Waals surface area contributed by atoms with Gasteiger partial charge in [0.1, 0.15) is 6.54 Å². The number of ketones is 1. The quantitative estimate of drug-likeness (QED) is 0.601. The number of amides is 2. The molecular formula is C17H18N2O5. The van der Waals surface area contributed by atoms with Gasteiger partial charge in [-0.3, -0.25) is 24.1 Å². The van der Waals surface area contributed by atoms with Crippen molar-refractivity contribution in [1.29, 1.82) is 0 Å². The van der Waals surface area contributed by atoms with Crippen LogP contribution in [0.2, 0.25) is 0 Å². The molecule has 3 rings (SSSR count). The van der Waals surface area contributed by atoms with Gasteiger partial charge < -0.3 is 9.64 Å². The first kappa shape index (κ1) is 16.2. The molecule has 1 aromatic carbocycles. The lowest BCUT2D eigenvalue weighted by Crippen LogP contribution is -2.40. The molecular weight excluding hydrogens is 312 g/mol. The minimum Gasteiger partial charge on any atom is -0.454 e. The largest absolute Gasteiger partial charge is 0.454 e. The maximum atomic E-state index is 12.0. The third-order valence-electron chi connectivity index (χ3n) is 4.23. The maximum Gasteiger partial charge on any atom is 0.326 e. The number of piperidine rings is 1. The summed E-state index contributed by atoms with van der Waals surface area (Å²) in [5.74, 6) is -2.33. The summed E-state index contributed by atoms with van der Waals surface area (Å²) in [7, 11) is 0. The van der Waals surface area contributed by atoms with Crippen molar-refractivity contribution in [2.45, 2.75) is 19.3 Å². The number of fused-ring (bicyclic) bond motifs is 1. The molecule has 1 aromatic rings. The monoisotopic (exact) mass is 330 g/mol. The van der Waals surface area contributed by atoms with Gasteiger partial charge in [0.15, 0.2) is 6.61 Å². The van der Waals surface area contributed by atoms with E-state index in [9.17, 15) is 19.2 Å². The third kappa shape index (κ3) is 3.15. The standard InChI is InChI=1S/C17H18N2O5/c20-14(18-8-4-1-5-9-18)11-24-15(21)10-19-13-7-3-2-6-12(13)16(22)17(19)23/h2-3,6-7H,1,4-5,8-11H2. The van der Waals surface area contributed by atoms with Crippen LogP contribution in [0.25, 0.3) is 0 Å². The van der Waals surface area contributed by atoms with E-state index in [0.717, 1.165) is 24.2 Å². The van der Waals surface area contributed by atoms with Crippen LogP contribution in [0.15, 0.2) is 24.3 Å². The molecule has 7 heteroatoms. The molecule has 0 atom stereocenters. The van der Waals surface area contributed by atoms with Crippen LogP contribution in [0, 0.1) is 0 Å². The molecule has 1 fully saturated rings. The third-order valence-corrected chi connectivity index (χ3v) is 4.23. The van der Waals surface area contributed by atoms with Crippen molar-refractivity contribution in [3.8, 4) is 0 Å². The van der Waals surface area contributed by atoms with E-state index in [-0.39, 0.29) is 24.6 Å². The highest BCUT2D eigenvalue weighted by Gasteiger charge is 2.36. The lowest BCUT2D eigenvalue weighted by molar-refractivity contribution is -0.151. The van der Waals surface area contributed by atoms with E-state index >= 15 is 0 Å². The van der Waals surface area contributed by atoms with Crippen LogP contribution >= 0.6 is 0 Å². The second-order valence-electron chi connectivity index (χ2n) is 5.84. The van der Waals surface area contributed by atoms with Crippen molar-refractivity contribution >= 4 is 29.3 Å². The number of anilines is 1. The fourth-order valence-corrected chi connectivity index (χ4v) is 2.96. The highest BCUT2D eigenvalue weighted by Crippen LogP contribution is 2.28. The van der Waals surface area contributed by atoms with Gasteiger partial charge in [-0.25, -0.2) is 0 Å². The van der Waals surface area contributed by atoms with Crippen molar-refractivity contribution in [1.82, 2.24) is 4.90 Å². The number of hydrogen-bond acceptors (Lipinski definition) is 5. The van der Waals surface area contributed by atoms with E-state index in [0.29, 0.717) is 18.8 Å². The molecule has 0 aromatic heterocycles. The predicted octanol–water partition coefficient (Wildman–Crippen LogP) is 0.772. The van der Waals surface area contributed by atoms with E-state index in [4.69, 9.17) is 4.74 Å². The summed E-state index contributed by atoms with van der Waals surface area (Å²) in [4.78, 5) is 50.5. The van der Waals surface area contributed by atoms with Crippen LogP contribution in [-0.4, -0.2) is 54.7 Å². The average Bonchev–Trinajstić information content (AvgIpc) is 2.86. The van der Waals surface area contributed by atoms with Crippen LogP contribution in [0.1, 0.15) is 29.6 Å². The molecule has 1 saturated heterocycles. The zero-order chi connectivity index (χ0) is 17.1. The van der Waals surface area contributed by atoms with Crippen molar-refractivity contribution in [3.63, 3.8) is 0 Å². The molecule has 2 heterocycles. The Bertz CT molecular complexity index is 694. The van der Waals surface area contributed by atoms with E-state index in [2.05, 4.69) is 0 Å². The molecule has 0 N–H and O–H groups in total. The molecule has 0 bridgehead atoms. The van der Waals surface area contributed by atoms with Gasteiger partial charge in [0, 0.05) is 13.1 Å². The Morgan fingerprint density at radius 2 is 1.75 bits per heavy atom. The molecule has 0 radical (unpaired) electrons. The van der Waals surface area contributed by atoms with Gasteiger partial charge >= 0.3 is 5.97 Å². The Morgan fingerprint density at radius 1 is 1.04 bits per heavy atom. The van der Waals surface area contributed by atoms with Gasteiger partial charge in [-0.1, -0.05) is 12.1 Å². The zero-order valence-electron chi connectivity index (χ0n) is 13.2. The van der Waals surface area contributed by atoms with E-state index in [1.54, 1.807) is 29.2 Å². The first-order chi connectivity index (χ1) is 11.6. The fourth-order valence-electron chi connectivity index (χ4n) is 2.96. The average molecular weight is 330 g/mol. The van der Waals surface area contributed by atoms with Crippen LogP contribution < -0.4 is 4.90 Å². The molecule has 2 amide bonds. The number of esters is 1. The predicted molar refractivity (Wildman–Crippen MR) is 84.5 cm³/mol. The number of likely N-dealkylation sites (tertiary alicyclic amines) is 1. The molecule has 2 aliphatic rings. The van der Waals surface area contributed by atoms with Crippen LogP contribution in [0.5, 0.6) is 0 Å². The first-order valence-electron chi connectivity index (χ1n) is 7.96. The van der Waals surface area contributed by atoms with Crippen LogP contribution in [0.4, 0.5) is 5.69 Å². The Morgan fingerprint density at radius 3 is 2.50 bits per heavy atom. The Labute approximate surface area is 139 Å². The van der Waals surface area contributed by atoms with Gasteiger partial charge in [-0.2, -0.15) is 0 Å². The summed E-state index contributed by atoms with van der Waals surface area (Å²) in [5, 5.41) is 0. The molecule has 0 spiro atoms. The number of para-hydroxylation sites is 1. The second-order valence-corrected chi connectivity index (χ2v) is 5.84. The highest BCUT2D eigenvalue weighted by atomic mass is 16.5. The molecule has 0 aliphatic carbocycles. The zero-order valence-corrected chi connectivity index (χ0v) is 13.2. The molecule has 7 nitrogen and oxygen atoms in total. The SMILES string of the molecule is O=C(CN1C(=O)C(=O)c2ccccc21)OCC(=O)N1CCCCC1. The molecule has 2 aliphatic heterocycles. The van der Waals surface area contributed by atoms with E-state index < -0.39 is 17.7 Å². The van der Waals surface area contributed by atoms with Gasteiger partial charge in [0.25, 0.3) is 17.6 Å². The number of carbonyl (C=O) groups excluding carboxylic acids is 4. The number of benzene rings is 1. The summed E-state index contributed by atoms with van der Waals surface area (Å²) in [6.07, 6.45) is 3.02. The van der Waals surface area contributed by atoms with Crippen molar-refractivity contribution < 1.29 is 23.9 Å². The second kappa shape index (κ2) is 6.82. The first-order valence-corrected chi connectivity index (χ1v) is 7.96. The molecule has 0 saturated carbocycles. The number of ether oxygens (including phenoxy) is 1. The maximum absolute atomic E-state index is 12.0. The fraction of sp³-hybridized carbons (Fsp3) is 0.412. The highest BCUT2D eigenvalue weighted by molar-refractivity contribution is 6.52. The number of rotatable bonds is 4.